The fraction of sp³-hybridized carbons (Fsp3) is 0. The number of para-hydroxylation sites is 2. The number of nitriles is 1. The average Bonchev–Trinajstić information content (AvgIpc) is 3.20. The van der Waals surface area contributed by atoms with E-state index in [4.69, 9.17) is 4.42 Å². The average molecular weight is 397 g/mol. The Labute approximate surface area is 171 Å². The molecule has 0 saturated carbocycles. The second-order valence-electron chi connectivity index (χ2n) is 6.08. The molecular formula is C23H15N3O2S. The number of amides is 1. The quantitative estimate of drug-likeness (QED) is 0.354. The van der Waals surface area contributed by atoms with Gasteiger partial charge in [0.15, 0.2) is 5.09 Å². The standard InChI is InChI=1S/C23H15N3O2S/c24-15-17(23(27)26-18-8-2-1-3-9-18)14-19-11-12-21(28-19)29-20-10-4-6-16-7-5-13-25-22(16)20/h1-14H,(H,26,27)/b17-14+. The third-order valence-corrected chi connectivity index (χ3v) is 5.06. The van der Waals surface area contributed by atoms with Crippen molar-refractivity contribution in [1.82, 2.24) is 4.98 Å². The lowest BCUT2D eigenvalue weighted by atomic mass is 10.2. The number of carbonyl (C=O) groups excluding carboxylic acids is 1. The van der Waals surface area contributed by atoms with Crippen molar-refractivity contribution in [3.8, 4) is 6.07 Å². The Morgan fingerprint density at radius 2 is 1.86 bits per heavy atom. The molecule has 29 heavy (non-hydrogen) atoms. The van der Waals surface area contributed by atoms with Gasteiger partial charge in [-0.05, 0) is 48.2 Å². The van der Waals surface area contributed by atoms with E-state index in [1.54, 1.807) is 24.4 Å². The summed E-state index contributed by atoms with van der Waals surface area (Å²) in [5.74, 6) is -0.0528. The highest BCUT2D eigenvalue weighted by atomic mass is 32.2. The summed E-state index contributed by atoms with van der Waals surface area (Å²) in [6.45, 7) is 0. The number of pyridine rings is 1. The van der Waals surface area contributed by atoms with E-state index in [2.05, 4.69) is 10.3 Å². The number of furan rings is 1. The molecule has 0 aliphatic heterocycles. The van der Waals surface area contributed by atoms with E-state index < -0.39 is 5.91 Å². The molecule has 0 aliphatic carbocycles. The van der Waals surface area contributed by atoms with E-state index in [9.17, 15) is 10.1 Å². The van der Waals surface area contributed by atoms with Crippen LogP contribution in [0, 0.1) is 11.3 Å². The lowest BCUT2D eigenvalue weighted by Crippen LogP contribution is -2.13. The number of aromatic nitrogens is 1. The van der Waals surface area contributed by atoms with Gasteiger partial charge in [0.05, 0.1) is 5.52 Å². The largest absolute Gasteiger partial charge is 0.450 e. The minimum Gasteiger partial charge on any atom is -0.450 e. The van der Waals surface area contributed by atoms with Crippen LogP contribution in [0.1, 0.15) is 5.76 Å². The molecule has 0 fully saturated rings. The number of fused-ring (bicyclic) bond motifs is 1. The maximum absolute atomic E-state index is 12.3. The highest BCUT2D eigenvalue weighted by Gasteiger charge is 2.12. The van der Waals surface area contributed by atoms with Crippen molar-refractivity contribution in [1.29, 1.82) is 5.26 Å². The summed E-state index contributed by atoms with van der Waals surface area (Å²) in [5, 5.41) is 13.8. The molecule has 1 N–H and O–H groups in total. The Morgan fingerprint density at radius 1 is 1.03 bits per heavy atom. The predicted molar refractivity (Wildman–Crippen MR) is 113 cm³/mol. The molecule has 4 aromatic rings. The molecule has 6 heteroatoms. The van der Waals surface area contributed by atoms with Crippen LogP contribution >= 0.6 is 11.8 Å². The maximum atomic E-state index is 12.3. The summed E-state index contributed by atoms with van der Waals surface area (Å²) in [7, 11) is 0. The molecular weight excluding hydrogens is 382 g/mol. The Kier molecular flexibility index (Phi) is 5.41. The van der Waals surface area contributed by atoms with Crippen molar-refractivity contribution in [2.75, 3.05) is 5.32 Å². The third kappa shape index (κ3) is 4.37. The predicted octanol–water partition coefficient (Wildman–Crippen LogP) is 5.52. The van der Waals surface area contributed by atoms with Gasteiger partial charge in [0.1, 0.15) is 17.4 Å². The van der Waals surface area contributed by atoms with Crippen LogP contribution in [0.15, 0.2) is 99.0 Å². The lowest BCUT2D eigenvalue weighted by Gasteiger charge is -2.03. The maximum Gasteiger partial charge on any atom is 0.266 e. The van der Waals surface area contributed by atoms with Crippen LogP contribution in [0.3, 0.4) is 0 Å². The van der Waals surface area contributed by atoms with Crippen LogP contribution in [0.25, 0.3) is 17.0 Å². The molecule has 2 aromatic carbocycles. The summed E-state index contributed by atoms with van der Waals surface area (Å²) >= 11 is 1.44. The summed E-state index contributed by atoms with van der Waals surface area (Å²) in [4.78, 5) is 17.7. The van der Waals surface area contributed by atoms with Crippen LogP contribution in [0.4, 0.5) is 5.69 Å². The molecule has 0 spiro atoms. The molecule has 2 aromatic heterocycles. The topological polar surface area (TPSA) is 78.9 Å². The Morgan fingerprint density at radius 3 is 2.69 bits per heavy atom. The molecule has 4 rings (SSSR count). The van der Waals surface area contributed by atoms with Crippen LogP contribution in [0.5, 0.6) is 0 Å². The second kappa shape index (κ2) is 8.46. The molecule has 0 bridgehead atoms. The monoisotopic (exact) mass is 397 g/mol. The number of nitrogens with zero attached hydrogens (tertiary/aromatic N) is 2. The molecule has 0 saturated heterocycles. The van der Waals surface area contributed by atoms with Crippen LogP contribution in [0.2, 0.25) is 0 Å². The van der Waals surface area contributed by atoms with E-state index in [1.807, 2.05) is 60.7 Å². The highest BCUT2D eigenvalue weighted by molar-refractivity contribution is 7.99. The van der Waals surface area contributed by atoms with E-state index in [0.717, 1.165) is 15.8 Å². The number of nitrogens with one attached hydrogen (secondary N) is 1. The SMILES string of the molecule is N#C/C(=C\c1ccc(Sc2cccc3cccnc23)o1)C(=O)Nc1ccccc1. The van der Waals surface area contributed by atoms with Gasteiger partial charge in [0.2, 0.25) is 0 Å². The Balaban J connectivity index is 1.53. The first-order valence-corrected chi connectivity index (χ1v) is 9.64. The number of hydrogen-bond acceptors (Lipinski definition) is 5. The van der Waals surface area contributed by atoms with Gasteiger partial charge < -0.3 is 9.73 Å². The van der Waals surface area contributed by atoms with Gasteiger partial charge in [0, 0.05) is 28.2 Å². The van der Waals surface area contributed by atoms with Gasteiger partial charge >= 0.3 is 0 Å². The molecule has 0 atom stereocenters. The summed E-state index contributed by atoms with van der Waals surface area (Å²) in [6.07, 6.45) is 3.19. The number of benzene rings is 2. The number of anilines is 1. The highest BCUT2D eigenvalue weighted by Crippen LogP contribution is 2.33. The van der Waals surface area contributed by atoms with Crippen molar-refractivity contribution in [2.45, 2.75) is 9.99 Å². The zero-order chi connectivity index (χ0) is 20.1. The summed E-state index contributed by atoms with van der Waals surface area (Å²) in [6, 6.07) is 24.3. The van der Waals surface area contributed by atoms with Crippen molar-refractivity contribution >= 4 is 40.3 Å². The van der Waals surface area contributed by atoms with Gasteiger partial charge in [-0.2, -0.15) is 5.26 Å². The smallest absolute Gasteiger partial charge is 0.266 e. The first-order chi connectivity index (χ1) is 14.2. The fourth-order valence-corrected chi connectivity index (χ4v) is 3.65. The van der Waals surface area contributed by atoms with Crippen molar-refractivity contribution in [3.63, 3.8) is 0 Å². The van der Waals surface area contributed by atoms with Gasteiger partial charge in [0.25, 0.3) is 5.91 Å². The number of hydrogen-bond donors (Lipinski definition) is 1. The van der Waals surface area contributed by atoms with Gasteiger partial charge in [-0.25, -0.2) is 0 Å². The molecule has 0 radical (unpaired) electrons. The van der Waals surface area contributed by atoms with E-state index in [1.165, 1.54) is 17.8 Å². The fourth-order valence-electron chi connectivity index (χ4n) is 2.74. The third-order valence-electron chi connectivity index (χ3n) is 4.09. The van der Waals surface area contributed by atoms with Crippen molar-refractivity contribution in [2.24, 2.45) is 0 Å². The Bertz CT molecular complexity index is 1230. The minimum atomic E-state index is -0.484. The van der Waals surface area contributed by atoms with Crippen molar-refractivity contribution < 1.29 is 9.21 Å². The molecule has 5 nitrogen and oxygen atoms in total. The zero-order valence-electron chi connectivity index (χ0n) is 15.2. The lowest BCUT2D eigenvalue weighted by molar-refractivity contribution is -0.112. The second-order valence-corrected chi connectivity index (χ2v) is 7.13. The van der Waals surface area contributed by atoms with Crippen LogP contribution in [-0.4, -0.2) is 10.9 Å². The van der Waals surface area contributed by atoms with E-state index in [-0.39, 0.29) is 5.57 Å². The van der Waals surface area contributed by atoms with Gasteiger partial charge in [-0.3, -0.25) is 9.78 Å². The summed E-state index contributed by atoms with van der Waals surface area (Å²) in [5.41, 5.74) is 1.48. The molecule has 0 aliphatic rings. The Hall–Kier alpha value is -3.82. The molecule has 0 unspecified atom stereocenters. The van der Waals surface area contributed by atoms with E-state index in [0.29, 0.717) is 16.5 Å². The van der Waals surface area contributed by atoms with Crippen LogP contribution < -0.4 is 5.32 Å². The first-order valence-electron chi connectivity index (χ1n) is 8.82. The summed E-state index contributed by atoms with van der Waals surface area (Å²) < 4.78 is 5.80. The normalized spacial score (nSPS) is 11.2. The van der Waals surface area contributed by atoms with E-state index >= 15 is 0 Å². The minimum absolute atomic E-state index is 0.0356. The molecule has 1 amide bonds. The zero-order valence-corrected chi connectivity index (χ0v) is 16.0. The van der Waals surface area contributed by atoms with Crippen molar-refractivity contribution in [3.05, 3.63) is 90.3 Å². The molecule has 140 valence electrons. The first kappa shape index (κ1) is 18.5. The van der Waals surface area contributed by atoms with Gasteiger partial charge in [-0.1, -0.05) is 36.4 Å². The molecule has 2 heterocycles. The number of rotatable bonds is 5. The van der Waals surface area contributed by atoms with Gasteiger partial charge in [-0.15, -0.1) is 0 Å². The number of carbonyl (C=O) groups is 1. The van der Waals surface area contributed by atoms with Crippen LogP contribution in [-0.2, 0) is 4.79 Å².